The molecule has 33 heavy (non-hydrogen) atoms. The molecule has 1 aliphatic rings. The molecule has 0 spiro atoms. The van der Waals surface area contributed by atoms with E-state index in [4.69, 9.17) is 0 Å². The minimum absolute atomic E-state index is 0.0799. The number of carbonyl (C=O) groups is 1. The van der Waals surface area contributed by atoms with Gasteiger partial charge in [-0.15, -0.1) is 0 Å². The van der Waals surface area contributed by atoms with Crippen LogP contribution in [0.15, 0.2) is 89.8 Å². The Kier molecular flexibility index (Phi) is 7.05. The van der Waals surface area contributed by atoms with E-state index in [2.05, 4.69) is 9.62 Å². The van der Waals surface area contributed by atoms with Gasteiger partial charge in [-0.1, -0.05) is 48.5 Å². The van der Waals surface area contributed by atoms with Crippen LogP contribution in [0.5, 0.6) is 0 Å². The Morgan fingerprint density at radius 3 is 2.03 bits per heavy atom. The molecule has 0 unspecified atom stereocenters. The molecule has 3 aromatic rings. The van der Waals surface area contributed by atoms with Crippen molar-refractivity contribution < 1.29 is 17.6 Å². The molecular formula is C25H26FN3O3S. The van der Waals surface area contributed by atoms with E-state index >= 15 is 0 Å². The smallest absolute Gasteiger partial charge is 0.241 e. The van der Waals surface area contributed by atoms with Gasteiger partial charge in [0.1, 0.15) is 11.9 Å². The number of amides is 1. The Morgan fingerprint density at radius 1 is 0.848 bits per heavy atom. The number of para-hydroxylation sites is 1. The molecule has 4 rings (SSSR count). The number of hydrogen-bond donors (Lipinski definition) is 1. The van der Waals surface area contributed by atoms with Crippen LogP contribution in [0.4, 0.5) is 10.1 Å². The van der Waals surface area contributed by atoms with Gasteiger partial charge < -0.3 is 9.80 Å². The Labute approximate surface area is 193 Å². The van der Waals surface area contributed by atoms with Gasteiger partial charge in [-0.05, 0) is 48.4 Å². The topological polar surface area (TPSA) is 69.7 Å². The molecule has 1 fully saturated rings. The van der Waals surface area contributed by atoms with E-state index in [-0.39, 0.29) is 17.2 Å². The van der Waals surface area contributed by atoms with E-state index in [0.717, 1.165) is 23.4 Å². The molecule has 1 amide bonds. The summed E-state index contributed by atoms with van der Waals surface area (Å²) < 4.78 is 41.7. The first kappa shape index (κ1) is 22.9. The highest BCUT2D eigenvalue weighted by molar-refractivity contribution is 7.89. The standard InChI is InChI=1S/C25H26FN3O3S/c26-21-11-13-23(14-12-21)33(31,32)27-24(19-20-7-3-1-4-8-20)25(30)29-17-15-28(16-18-29)22-9-5-2-6-10-22/h1-14,24,27H,15-19H2/t24-/m1/s1. The molecule has 0 aliphatic carbocycles. The largest absolute Gasteiger partial charge is 0.368 e. The van der Waals surface area contributed by atoms with Gasteiger partial charge in [-0.3, -0.25) is 4.79 Å². The third kappa shape index (κ3) is 5.77. The number of sulfonamides is 1. The SMILES string of the molecule is O=C([C@@H](Cc1ccccc1)NS(=O)(=O)c1ccc(F)cc1)N1CCN(c2ccccc2)CC1. The molecule has 0 radical (unpaired) electrons. The average Bonchev–Trinajstić information content (AvgIpc) is 2.85. The molecule has 1 saturated heterocycles. The van der Waals surface area contributed by atoms with Gasteiger partial charge in [0.2, 0.25) is 15.9 Å². The van der Waals surface area contributed by atoms with E-state index in [1.165, 1.54) is 12.1 Å². The van der Waals surface area contributed by atoms with Gasteiger partial charge in [-0.25, -0.2) is 12.8 Å². The number of halogens is 1. The predicted molar refractivity (Wildman–Crippen MR) is 126 cm³/mol. The van der Waals surface area contributed by atoms with E-state index in [1.54, 1.807) is 4.90 Å². The molecule has 3 aromatic carbocycles. The van der Waals surface area contributed by atoms with Gasteiger partial charge in [-0.2, -0.15) is 4.72 Å². The lowest BCUT2D eigenvalue weighted by molar-refractivity contribution is -0.133. The first-order valence-corrected chi connectivity index (χ1v) is 12.3. The summed E-state index contributed by atoms with van der Waals surface area (Å²) in [5, 5.41) is 0. The van der Waals surface area contributed by atoms with Crippen LogP contribution in [-0.4, -0.2) is 51.4 Å². The summed E-state index contributed by atoms with van der Waals surface area (Å²) in [6.45, 7) is 2.33. The number of hydrogen-bond acceptors (Lipinski definition) is 4. The number of carbonyl (C=O) groups excluding carboxylic acids is 1. The zero-order valence-corrected chi connectivity index (χ0v) is 18.9. The van der Waals surface area contributed by atoms with E-state index in [9.17, 15) is 17.6 Å². The summed E-state index contributed by atoms with van der Waals surface area (Å²) >= 11 is 0. The lowest BCUT2D eigenvalue weighted by Crippen LogP contribution is -2.55. The van der Waals surface area contributed by atoms with Crippen molar-refractivity contribution in [2.24, 2.45) is 0 Å². The van der Waals surface area contributed by atoms with Crippen LogP contribution in [0.25, 0.3) is 0 Å². The van der Waals surface area contributed by atoms with Gasteiger partial charge in [0, 0.05) is 31.9 Å². The fraction of sp³-hybridized carbons (Fsp3) is 0.240. The average molecular weight is 468 g/mol. The van der Waals surface area contributed by atoms with Gasteiger partial charge in [0.15, 0.2) is 0 Å². The molecule has 172 valence electrons. The summed E-state index contributed by atoms with van der Waals surface area (Å²) in [7, 11) is -4.01. The van der Waals surface area contributed by atoms with Crippen molar-refractivity contribution in [3.05, 3.63) is 96.3 Å². The van der Waals surface area contributed by atoms with Crippen molar-refractivity contribution in [2.75, 3.05) is 31.1 Å². The maximum absolute atomic E-state index is 13.4. The van der Waals surface area contributed by atoms with Crippen molar-refractivity contribution in [1.82, 2.24) is 9.62 Å². The molecule has 0 saturated carbocycles. The van der Waals surface area contributed by atoms with Crippen LogP contribution >= 0.6 is 0 Å². The van der Waals surface area contributed by atoms with Crippen molar-refractivity contribution in [2.45, 2.75) is 17.4 Å². The molecule has 1 aliphatic heterocycles. The van der Waals surface area contributed by atoms with Crippen molar-refractivity contribution in [3.8, 4) is 0 Å². The van der Waals surface area contributed by atoms with Crippen LogP contribution in [0, 0.1) is 5.82 Å². The molecule has 8 heteroatoms. The Hall–Kier alpha value is -3.23. The highest BCUT2D eigenvalue weighted by Gasteiger charge is 2.31. The zero-order chi connectivity index (χ0) is 23.3. The second-order valence-electron chi connectivity index (χ2n) is 7.97. The first-order valence-electron chi connectivity index (χ1n) is 10.8. The second-order valence-corrected chi connectivity index (χ2v) is 9.68. The van der Waals surface area contributed by atoms with Crippen molar-refractivity contribution in [3.63, 3.8) is 0 Å². The van der Waals surface area contributed by atoms with Gasteiger partial charge >= 0.3 is 0 Å². The molecule has 0 aromatic heterocycles. The van der Waals surface area contributed by atoms with E-state index < -0.39 is 21.9 Å². The number of piperazine rings is 1. The maximum Gasteiger partial charge on any atom is 0.241 e. The van der Waals surface area contributed by atoms with Crippen LogP contribution < -0.4 is 9.62 Å². The molecular weight excluding hydrogens is 441 g/mol. The lowest BCUT2D eigenvalue weighted by atomic mass is 10.1. The minimum atomic E-state index is -4.01. The summed E-state index contributed by atoms with van der Waals surface area (Å²) in [4.78, 5) is 17.3. The van der Waals surface area contributed by atoms with Crippen LogP contribution in [-0.2, 0) is 21.2 Å². The van der Waals surface area contributed by atoms with Crippen LogP contribution in [0.2, 0.25) is 0 Å². The molecule has 1 N–H and O–H groups in total. The Balaban J connectivity index is 1.50. The zero-order valence-electron chi connectivity index (χ0n) is 18.1. The normalized spacial score (nSPS) is 15.3. The van der Waals surface area contributed by atoms with Gasteiger partial charge in [0.25, 0.3) is 0 Å². The number of anilines is 1. The molecule has 1 heterocycles. The molecule has 1 atom stereocenters. The first-order chi connectivity index (χ1) is 15.9. The summed E-state index contributed by atoms with van der Waals surface area (Å²) in [5.74, 6) is -0.792. The Morgan fingerprint density at radius 2 is 1.42 bits per heavy atom. The van der Waals surface area contributed by atoms with Crippen LogP contribution in [0.3, 0.4) is 0 Å². The number of benzene rings is 3. The summed E-state index contributed by atoms with van der Waals surface area (Å²) in [6, 6.07) is 22.9. The number of nitrogens with one attached hydrogen (secondary N) is 1. The quantitative estimate of drug-likeness (QED) is 0.580. The van der Waals surface area contributed by atoms with Gasteiger partial charge in [0.05, 0.1) is 4.90 Å². The second kappa shape index (κ2) is 10.1. The Bertz CT molecular complexity index is 1160. The molecule has 0 bridgehead atoms. The monoisotopic (exact) mass is 467 g/mol. The highest BCUT2D eigenvalue weighted by Crippen LogP contribution is 2.18. The fourth-order valence-corrected chi connectivity index (χ4v) is 5.13. The summed E-state index contributed by atoms with van der Waals surface area (Å²) in [6.07, 6.45) is 0.221. The highest BCUT2D eigenvalue weighted by atomic mass is 32.2. The predicted octanol–water partition coefficient (Wildman–Crippen LogP) is 3.06. The third-order valence-corrected chi connectivity index (χ3v) is 7.20. The number of rotatable bonds is 7. The number of nitrogens with zero attached hydrogens (tertiary/aromatic N) is 2. The molecule has 6 nitrogen and oxygen atoms in total. The maximum atomic E-state index is 13.4. The van der Waals surface area contributed by atoms with Crippen molar-refractivity contribution in [1.29, 1.82) is 0 Å². The summed E-state index contributed by atoms with van der Waals surface area (Å²) in [5.41, 5.74) is 1.95. The lowest BCUT2D eigenvalue weighted by Gasteiger charge is -2.37. The van der Waals surface area contributed by atoms with E-state index in [1.807, 2.05) is 60.7 Å². The fourth-order valence-electron chi connectivity index (χ4n) is 3.94. The third-order valence-electron chi connectivity index (χ3n) is 5.71. The minimum Gasteiger partial charge on any atom is -0.368 e. The van der Waals surface area contributed by atoms with Crippen molar-refractivity contribution >= 4 is 21.6 Å². The van der Waals surface area contributed by atoms with E-state index in [0.29, 0.717) is 26.2 Å². The van der Waals surface area contributed by atoms with Crippen LogP contribution in [0.1, 0.15) is 5.56 Å².